The van der Waals surface area contributed by atoms with Crippen molar-refractivity contribution in [3.8, 4) is 28.0 Å². The molecule has 0 atom stereocenters. The lowest BCUT2D eigenvalue weighted by Crippen LogP contribution is -2.22. The van der Waals surface area contributed by atoms with Crippen LogP contribution in [-0.2, 0) is 11.2 Å². The van der Waals surface area contributed by atoms with Gasteiger partial charge in [0, 0.05) is 21.7 Å². The maximum Gasteiger partial charge on any atom is 0.261 e. The highest BCUT2D eigenvalue weighted by Gasteiger charge is 2.14. The minimum atomic E-state index is -0.382. The fourth-order valence-corrected chi connectivity index (χ4v) is 3.77. The van der Waals surface area contributed by atoms with E-state index in [0.717, 1.165) is 28.0 Å². The number of hydrogen-bond donors (Lipinski definition) is 1. The molecule has 1 amide bonds. The van der Waals surface area contributed by atoms with Gasteiger partial charge in [-0.1, -0.05) is 36.3 Å². The largest absolute Gasteiger partial charge is 0.481 e. The molecule has 1 heterocycles. The molecule has 6 heteroatoms. The quantitative estimate of drug-likeness (QED) is 0.249. The van der Waals surface area contributed by atoms with Gasteiger partial charge in [0.1, 0.15) is 12.4 Å². The number of ether oxygens (including phenoxy) is 1. The van der Waals surface area contributed by atoms with Gasteiger partial charge in [0.2, 0.25) is 0 Å². The van der Waals surface area contributed by atoms with Crippen molar-refractivity contribution in [2.45, 2.75) is 18.2 Å². The third-order valence-electron chi connectivity index (χ3n) is 3.83. The number of nitrogens with zero attached hydrogens (tertiary/aromatic N) is 1. The number of hydroxylamine groups is 1. The Morgan fingerprint density at radius 2 is 1.89 bits per heavy atom. The van der Waals surface area contributed by atoms with E-state index in [2.05, 4.69) is 17.9 Å². The zero-order valence-electron chi connectivity index (χ0n) is 15.3. The van der Waals surface area contributed by atoms with Crippen LogP contribution in [0.1, 0.15) is 12.5 Å². The highest BCUT2D eigenvalue weighted by molar-refractivity contribution is 7.97. The van der Waals surface area contributed by atoms with E-state index in [0.29, 0.717) is 16.8 Å². The molecule has 2 aromatic carbocycles. The first-order valence-corrected chi connectivity index (χ1v) is 10.3. The van der Waals surface area contributed by atoms with Crippen LogP contribution in [0.3, 0.4) is 0 Å². The minimum absolute atomic E-state index is 0.130. The van der Waals surface area contributed by atoms with Gasteiger partial charge >= 0.3 is 0 Å². The molecule has 0 saturated heterocycles. The molecule has 0 saturated carbocycles. The summed E-state index contributed by atoms with van der Waals surface area (Å²) < 4.78 is 6.12. The first-order chi connectivity index (χ1) is 13.7. The summed E-state index contributed by atoms with van der Waals surface area (Å²) in [5.74, 6) is 5.89. The van der Waals surface area contributed by atoms with Crippen LogP contribution in [-0.4, -0.2) is 22.2 Å². The van der Waals surface area contributed by atoms with Gasteiger partial charge in [0.15, 0.2) is 0 Å². The van der Waals surface area contributed by atoms with Crippen LogP contribution >= 0.6 is 23.3 Å². The van der Waals surface area contributed by atoms with Crippen molar-refractivity contribution in [1.82, 2.24) is 4.47 Å². The molecule has 1 aromatic heterocycles. The van der Waals surface area contributed by atoms with Crippen LogP contribution in [0.5, 0.6) is 5.75 Å². The molecule has 0 fully saturated rings. The van der Waals surface area contributed by atoms with Gasteiger partial charge in [0.05, 0.1) is 6.42 Å². The molecule has 0 aliphatic carbocycles. The maximum atomic E-state index is 12.3. The number of hydrogen-bond acceptors (Lipinski definition) is 5. The molecule has 0 aliphatic rings. The van der Waals surface area contributed by atoms with Crippen LogP contribution in [0.2, 0.25) is 0 Å². The molecule has 0 spiro atoms. The highest BCUT2D eigenvalue weighted by Crippen LogP contribution is 2.26. The molecule has 28 heavy (non-hydrogen) atoms. The Morgan fingerprint density at radius 1 is 1.14 bits per heavy atom. The highest BCUT2D eigenvalue weighted by atomic mass is 32.2. The van der Waals surface area contributed by atoms with Gasteiger partial charge in [0.25, 0.3) is 5.91 Å². The average Bonchev–Trinajstić information content (AvgIpc) is 3.25. The topological polar surface area (TPSA) is 49.8 Å². The van der Waals surface area contributed by atoms with Crippen molar-refractivity contribution < 1.29 is 14.7 Å². The first-order valence-electron chi connectivity index (χ1n) is 8.61. The Hall–Kier alpha value is -2.72. The summed E-state index contributed by atoms with van der Waals surface area (Å²) in [5, 5.41) is 12.1. The van der Waals surface area contributed by atoms with E-state index < -0.39 is 0 Å². The number of carbonyl (C=O) groups excluding carboxylic acids is 1. The smallest absolute Gasteiger partial charge is 0.261 e. The molecule has 1 N–H and O–H groups in total. The van der Waals surface area contributed by atoms with Gasteiger partial charge in [-0.15, -0.1) is 17.3 Å². The molecule has 0 aliphatic heterocycles. The Labute approximate surface area is 172 Å². The van der Waals surface area contributed by atoms with Crippen LogP contribution in [0.25, 0.3) is 10.4 Å². The van der Waals surface area contributed by atoms with Crippen LogP contribution in [0, 0.1) is 11.8 Å². The Balaban J connectivity index is 1.53. The molecule has 3 aromatic rings. The second-order valence-electron chi connectivity index (χ2n) is 5.80. The second-order valence-corrected chi connectivity index (χ2v) is 7.74. The second kappa shape index (κ2) is 10.00. The lowest BCUT2D eigenvalue weighted by Gasteiger charge is -2.14. The van der Waals surface area contributed by atoms with Crippen LogP contribution in [0.15, 0.2) is 70.9 Å². The SMILES string of the molecule is CC#CCOc1ccc(SN(O)C(=O)Cc2ccc(-c3cccs3)cc2)cc1. The molecule has 4 nitrogen and oxygen atoms in total. The van der Waals surface area contributed by atoms with Crippen LogP contribution in [0.4, 0.5) is 0 Å². The van der Waals surface area contributed by atoms with Crippen molar-refractivity contribution in [3.63, 3.8) is 0 Å². The molecular formula is C22H19NO3S2. The summed E-state index contributed by atoms with van der Waals surface area (Å²) in [5.41, 5.74) is 1.97. The lowest BCUT2D eigenvalue weighted by atomic mass is 10.1. The van der Waals surface area contributed by atoms with Crippen molar-refractivity contribution in [2.24, 2.45) is 0 Å². The number of rotatable bonds is 7. The summed E-state index contributed by atoms with van der Waals surface area (Å²) >= 11 is 2.64. The van der Waals surface area contributed by atoms with Crippen molar-refractivity contribution in [3.05, 3.63) is 71.6 Å². The van der Waals surface area contributed by atoms with E-state index in [-0.39, 0.29) is 12.3 Å². The van der Waals surface area contributed by atoms with Crippen molar-refractivity contribution >= 4 is 29.2 Å². The monoisotopic (exact) mass is 409 g/mol. The predicted molar refractivity (Wildman–Crippen MR) is 113 cm³/mol. The number of carbonyl (C=O) groups is 1. The van der Waals surface area contributed by atoms with Crippen molar-refractivity contribution in [1.29, 1.82) is 0 Å². The van der Waals surface area contributed by atoms with E-state index in [1.807, 2.05) is 35.7 Å². The molecule has 3 rings (SSSR count). The summed E-state index contributed by atoms with van der Waals surface area (Å²) in [6.45, 7) is 2.09. The molecule has 0 unspecified atom stereocenters. The minimum Gasteiger partial charge on any atom is -0.481 e. The van der Waals surface area contributed by atoms with Gasteiger partial charge in [-0.25, -0.2) is 0 Å². The van der Waals surface area contributed by atoms with E-state index in [1.54, 1.807) is 42.5 Å². The molecular weight excluding hydrogens is 390 g/mol. The molecule has 0 radical (unpaired) electrons. The Kier molecular flexibility index (Phi) is 7.15. The number of thiophene rings is 1. The molecule has 0 bridgehead atoms. The number of benzene rings is 2. The summed E-state index contributed by atoms with van der Waals surface area (Å²) in [6.07, 6.45) is 0.130. The Bertz CT molecular complexity index is 956. The van der Waals surface area contributed by atoms with Gasteiger partial charge in [-0.2, -0.15) is 4.47 Å². The summed E-state index contributed by atoms with van der Waals surface area (Å²) in [4.78, 5) is 14.2. The molecule has 142 valence electrons. The predicted octanol–water partition coefficient (Wildman–Crippen LogP) is 5.28. The van der Waals surface area contributed by atoms with Gasteiger partial charge in [-0.05, 0) is 53.8 Å². The standard InChI is InChI=1S/C22H19NO3S2/c1-2-3-14-26-19-10-12-20(13-11-19)28-23(25)22(24)16-17-6-8-18(9-7-17)21-5-4-15-27-21/h4-13,15,25H,14,16H2,1H3. The van der Waals surface area contributed by atoms with E-state index in [9.17, 15) is 10.0 Å². The van der Waals surface area contributed by atoms with Gasteiger partial charge in [-0.3, -0.25) is 10.0 Å². The summed E-state index contributed by atoms with van der Waals surface area (Å²) in [6, 6.07) is 19.0. The zero-order valence-corrected chi connectivity index (χ0v) is 16.9. The Morgan fingerprint density at radius 3 is 2.54 bits per heavy atom. The van der Waals surface area contributed by atoms with E-state index >= 15 is 0 Å². The van der Waals surface area contributed by atoms with Crippen molar-refractivity contribution in [2.75, 3.05) is 6.61 Å². The summed E-state index contributed by atoms with van der Waals surface area (Å²) in [7, 11) is 0. The third-order valence-corrected chi connectivity index (χ3v) is 5.61. The normalized spacial score (nSPS) is 10.1. The first kappa shape index (κ1) is 20.0. The fourth-order valence-electron chi connectivity index (χ4n) is 2.41. The van der Waals surface area contributed by atoms with Gasteiger partial charge < -0.3 is 4.74 Å². The number of amides is 1. The lowest BCUT2D eigenvalue weighted by molar-refractivity contribution is -0.143. The average molecular weight is 410 g/mol. The van der Waals surface area contributed by atoms with E-state index in [1.165, 1.54) is 4.88 Å². The zero-order chi connectivity index (χ0) is 19.8. The third kappa shape index (κ3) is 5.64. The maximum absolute atomic E-state index is 12.3. The fraction of sp³-hybridized carbons (Fsp3) is 0.136. The van der Waals surface area contributed by atoms with E-state index in [4.69, 9.17) is 4.74 Å². The van der Waals surface area contributed by atoms with Crippen LogP contribution < -0.4 is 4.74 Å².